The molecule has 0 aliphatic carbocycles. The zero-order valence-corrected chi connectivity index (χ0v) is 17.1. The second-order valence-electron chi connectivity index (χ2n) is 7.60. The molecule has 0 saturated carbocycles. The second kappa shape index (κ2) is 10.8. The Morgan fingerprint density at radius 2 is 1.79 bits per heavy atom. The molecule has 5 heteroatoms. The van der Waals surface area contributed by atoms with Crippen LogP contribution in [0, 0.1) is 0 Å². The molecule has 2 aromatic rings. The van der Waals surface area contributed by atoms with Gasteiger partial charge in [-0.15, -0.1) is 0 Å². The normalized spacial score (nSPS) is 16.9. The van der Waals surface area contributed by atoms with Crippen molar-refractivity contribution in [3.63, 3.8) is 0 Å². The summed E-state index contributed by atoms with van der Waals surface area (Å²) in [6.45, 7) is 2.73. The summed E-state index contributed by atoms with van der Waals surface area (Å²) in [5, 5.41) is 3.12. The fraction of sp³-hybridized carbons (Fsp3) is 0.417. The van der Waals surface area contributed by atoms with Crippen LogP contribution in [0.1, 0.15) is 47.2 Å². The summed E-state index contributed by atoms with van der Waals surface area (Å²) in [4.78, 5) is 26.3. The smallest absolute Gasteiger partial charge is 0.337 e. The average Bonchev–Trinajstić information content (AvgIpc) is 2.77. The Morgan fingerprint density at radius 1 is 1.03 bits per heavy atom. The first kappa shape index (κ1) is 21.1. The van der Waals surface area contributed by atoms with Crippen molar-refractivity contribution < 1.29 is 14.3 Å². The minimum Gasteiger partial charge on any atom is -0.465 e. The van der Waals surface area contributed by atoms with Gasteiger partial charge >= 0.3 is 5.97 Å². The minimum absolute atomic E-state index is 0.0762. The van der Waals surface area contributed by atoms with E-state index in [1.807, 2.05) is 18.2 Å². The van der Waals surface area contributed by atoms with E-state index in [1.54, 1.807) is 12.1 Å². The molecule has 1 fully saturated rings. The topological polar surface area (TPSA) is 58.6 Å². The highest BCUT2D eigenvalue weighted by Gasteiger charge is 2.22. The number of nitrogens with zero attached hydrogens (tertiary/aromatic N) is 1. The van der Waals surface area contributed by atoms with E-state index < -0.39 is 0 Å². The Bertz CT molecular complexity index is 790. The zero-order chi connectivity index (χ0) is 20.5. The zero-order valence-electron chi connectivity index (χ0n) is 17.1. The number of likely N-dealkylation sites (tertiary alicyclic amines) is 1. The highest BCUT2D eigenvalue weighted by molar-refractivity contribution is 5.89. The fourth-order valence-electron chi connectivity index (χ4n) is 3.82. The van der Waals surface area contributed by atoms with Gasteiger partial charge < -0.3 is 10.1 Å². The molecule has 0 spiro atoms. The molecule has 5 nitrogen and oxygen atoms in total. The molecular formula is C24H30N2O3. The maximum Gasteiger partial charge on any atom is 0.337 e. The van der Waals surface area contributed by atoms with E-state index in [1.165, 1.54) is 25.5 Å². The highest BCUT2D eigenvalue weighted by Crippen LogP contribution is 2.19. The number of methoxy groups -OCH3 is 1. The van der Waals surface area contributed by atoms with Gasteiger partial charge in [0, 0.05) is 25.6 Å². The van der Waals surface area contributed by atoms with Crippen molar-refractivity contribution in [1.29, 1.82) is 0 Å². The number of piperidine rings is 1. The molecule has 0 bridgehead atoms. The molecule has 2 aromatic carbocycles. The van der Waals surface area contributed by atoms with E-state index in [2.05, 4.69) is 34.5 Å². The van der Waals surface area contributed by atoms with Crippen molar-refractivity contribution >= 4 is 11.9 Å². The Balaban J connectivity index is 1.44. The summed E-state index contributed by atoms with van der Waals surface area (Å²) in [6, 6.07) is 18.1. The number of ether oxygens (including phenoxy) is 1. The number of aryl methyl sites for hydroxylation is 1. The molecule has 1 aliphatic rings. The van der Waals surface area contributed by atoms with Gasteiger partial charge in [-0.3, -0.25) is 9.69 Å². The summed E-state index contributed by atoms with van der Waals surface area (Å²) in [5.74, 6) is -0.269. The van der Waals surface area contributed by atoms with Crippen LogP contribution in [0.15, 0.2) is 54.6 Å². The molecule has 1 N–H and O–H groups in total. The first-order valence-corrected chi connectivity index (χ1v) is 10.4. The number of hydrogen-bond donors (Lipinski definition) is 1. The molecule has 0 aromatic heterocycles. The van der Waals surface area contributed by atoms with Crippen LogP contribution in [-0.4, -0.2) is 43.0 Å². The first-order valence-electron chi connectivity index (χ1n) is 10.4. The molecule has 3 rings (SSSR count). The SMILES string of the molecule is COC(=O)c1ccc(CCC(=O)NCC2CCCCN2Cc2ccccc2)cc1. The van der Waals surface area contributed by atoms with E-state index in [0.29, 0.717) is 31.0 Å². The Kier molecular flexibility index (Phi) is 7.82. The van der Waals surface area contributed by atoms with Gasteiger partial charge in [0.1, 0.15) is 0 Å². The average molecular weight is 395 g/mol. The van der Waals surface area contributed by atoms with Crippen molar-refractivity contribution in [2.45, 2.75) is 44.7 Å². The molecule has 1 atom stereocenters. The molecule has 1 amide bonds. The molecule has 154 valence electrons. The number of carbonyl (C=O) groups excluding carboxylic acids is 2. The maximum atomic E-state index is 12.3. The van der Waals surface area contributed by atoms with E-state index >= 15 is 0 Å². The monoisotopic (exact) mass is 394 g/mol. The van der Waals surface area contributed by atoms with Crippen LogP contribution in [0.25, 0.3) is 0 Å². The molecule has 0 radical (unpaired) electrons. The molecule has 1 saturated heterocycles. The quantitative estimate of drug-likeness (QED) is 0.696. The summed E-state index contributed by atoms with van der Waals surface area (Å²) < 4.78 is 4.70. The highest BCUT2D eigenvalue weighted by atomic mass is 16.5. The predicted molar refractivity (Wildman–Crippen MR) is 114 cm³/mol. The summed E-state index contributed by atoms with van der Waals surface area (Å²) in [7, 11) is 1.37. The van der Waals surface area contributed by atoms with Crippen molar-refractivity contribution in [1.82, 2.24) is 10.2 Å². The molecule has 1 aliphatic heterocycles. The Hall–Kier alpha value is -2.66. The van der Waals surface area contributed by atoms with Crippen LogP contribution < -0.4 is 5.32 Å². The van der Waals surface area contributed by atoms with Gasteiger partial charge in [0.25, 0.3) is 0 Å². The van der Waals surface area contributed by atoms with Gasteiger partial charge in [0.2, 0.25) is 5.91 Å². The predicted octanol–water partition coefficient (Wildman–Crippen LogP) is 3.58. The third-order valence-electron chi connectivity index (χ3n) is 5.53. The van der Waals surface area contributed by atoms with Crippen molar-refractivity contribution in [3.8, 4) is 0 Å². The van der Waals surface area contributed by atoms with Crippen LogP contribution in [0.3, 0.4) is 0 Å². The van der Waals surface area contributed by atoms with E-state index in [0.717, 1.165) is 25.1 Å². The largest absolute Gasteiger partial charge is 0.465 e. The van der Waals surface area contributed by atoms with Crippen molar-refractivity contribution in [2.75, 3.05) is 20.2 Å². The third kappa shape index (κ3) is 6.43. The maximum absolute atomic E-state index is 12.3. The van der Waals surface area contributed by atoms with Gasteiger partial charge in [-0.25, -0.2) is 4.79 Å². The molecular weight excluding hydrogens is 364 g/mol. The molecule has 29 heavy (non-hydrogen) atoms. The number of rotatable bonds is 8. The summed E-state index contributed by atoms with van der Waals surface area (Å²) >= 11 is 0. The number of amides is 1. The number of nitrogens with one attached hydrogen (secondary N) is 1. The minimum atomic E-state index is -0.346. The van der Waals surface area contributed by atoms with Gasteiger partial charge in [-0.2, -0.15) is 0 Å². The van der Waals surface area contributed by atoms with Crippen molar-refractivity contribution in [2.24, 2.45) is 0 Å². The van der Waals surface area contributed by atoms with Crippen LogP contribution in [0.5, 0.6) is 0 Å². The molecule has 1 heterocycles. The van der Waals surface area contributed by atoms with Gasteiger partial charge in [-0.1, -0.05) is 48.9 Å². The third-order valence-corrected chi connectivity index (χ3v) is 5.53. The van der Waals surface area contributed by atoms with Crippen LogP contribution in [-0.2, 0) is 22.5 Å². The van der Waals surface area contributed by atoms with Crippen LogP contribution in [0.4, 0.5) is 0 Å². The van der Waals surface area contributed by atoms with E-state index in [9.17, 15) is 9.59 Å². The molecule has 1 unspecified atom stereocenters. The number of hydrogen-bond acceptors (Lipinski definition) is 4. The van der Waals surface area contributed by atoms with E-state index in [4.69, 9.17) is 4.74 Å². The lowest BCUT2D eigenvalue weighted by Gasteiger charge is -2.36. The lowest BCUT2D eigenvalue weighted by molar-refractivity contribution is -0.121. The van der Waals surface area contributed by atoms with Crippen LogP contribution in [0.2, 0.25) is 0 Å². The Labute approximate surface area is 173 Å². The lowest BCUT2D eigenvalue weighted by Crippen LogP contribution is -2.46. The second-order valence-corrected chi connectivity index (χ2v) is 7.60. The van der Waals surface area contributed by atoms with Gasteiger partial charge in [0.15, 0.2) is 0 Å². The number of carbonyl (C=O) groups is 2. The fourth-order valence-corrected chi connectivity index (χ4v) is 3.82. The van der Waals surface area contributed by atoms with Gasteiger partial charge in [0.05, 0.1) is 12.7 Å². The van der Waals surface area contributed by atoms with Gasteiger partial charge in [-0.05, 0) is 49.1 Å². The number of esters is 1. The standard InChI is InChI=1S/C24H30N2O3/c1-29-24(28)21-13-10-19(11-14-21)12-15-23(27)25-17-22-9-5-6-16-26(22)18-20-7-3-2-4-8-20/h2-4,7-8,10-11,13-14,22H,5-6,9,12,15-18H2,1H3,(H,25,27). The summed E-state index contributed by atoms with van der Waals surface area (Å²) in [6.07, 6.45) is 4.67. The summed E-state index contributed by atoms with van der Waals surface area (Å²) in [5.41, 5.74) is 2.88. The Morgan fingerprint density at radius 3 is 2.52 bits per heavy atom. The van der Waals surface area contributed by atoms with Crippen molar-refractivity contribution in [3.05, 3.63) is 71.3 Å². The number of benzene rings is 2. The lowest BCUT2D eigenvalue weighted by atomic mass is 10.0. The van der Waals surface area contributed by atoms with Crippen LogP contribution >= 0.6 is 0 Å². The first-order chi connectivity index (χ1) is 14.2. The van der Waals surface area contributed by atoms with E-state index in [-0.39, 0.29) is 11.9 Å².